The second-order valence-electron chi connectivity index (χ2n) is 5.31. The lowest BCUT2D eigenvalue weighted by Crippen LogP contribution is -2.31. The Hall–Kier alpha value is -2.28. The Kier molecular flexibility index (Phi) is 5.81. The summed E-state index contributed by atoms with van der Waals surface area (Å²) in [6.45, 7) is 0.541. The highest BCUT2D eigenvalue weighted by Crippen LogP contribution is 2.30. The first-order chi connectivity index (χ1) is 11.0. The maximum Gasteiger partial charge on any atom is 0.309 e. The highest BCUT2D eigenvalue weighted by molar-refractivity contribution is 5.94. The molecule has 0 spiro atoms. The standard InChI is InChI=1S/C16H21NO6/c1-21-10-5-6-14(22-2)12(8-10)17-15(18)9-11(16(19)20)13-4-3-7-23-13/h5-6,8,11,13H,3-4,7,9H2,1-2H3,(H,17,18)(H,19,20). The first-order valence-electron chi connectivity index (χ1n) is 7.41. The third-order valence-electron chi connectivity index (χ3n) is 3.82. The highest BCUT2D eigenvalue weighted by Gasteiger charge is 2.33. The van der Waals surface area contributed by atoms with Gasteiger partial charge in [-0.2, -0.15) is 0 Å². The normalized spacial score (nSPS) is 18.3. The van der Waals surface area contributed by atoms with E-state index in [4.69, 9.17) is 14.2 Å². The van der Waals surface area contributed by atoms with Crippen LogP contribution in [0.15, 0.2) is 18.2 Å². The van der Waals surface area contributed by atoms with Crippen LogP contribution in [0, 0.1) is 5.92 Å². The molecule has 1 heterocycles. The minimum Gasteiger partial charge on any atom is -0.497 e. The molecule has 0 aromatic heterocycles. The number of hydrogen-bond acceptors (Lipinski definition) is 5. The van der Waals surface area contributed by atoms with Gasteiger partial charge in [-0.15, -0.1) is 0 Å². The number of rotatable bonds is 7. The summed E-state index contributed by atoms with van der Waals surface area (Å²) in [7, 11) is 3.01. The smallest absolute Gasteiger partial charge is 0.309 e. The van der Waals surface area contributed by atoms with E-state index in [2.05, 4.69) is 5.32 Å². The van der Waals surface area contributed by atoms with Crippen LogP contribution in [0.5, 0.6) is 11.5 Å². The molecule has 1 fully saturated rings. The van der Waals surface area contributed by atoms with Crippen LogP contribution in [0.3, 0.4) is 0 Å². The molecule has 0 radical (unpaired) electrons. The van der Waals surface area contributed by atoms with E-state index in [0.717, 1.165) is 6.42 Å². The predicted octanol–water partition coefficient (Wildman–Crippen LogP) is 1.91. The van der Waals surface area contributed by atoms with E-state index in [0.29, 0.717) is 30.2 Å². The van der Waals surface area contributed by atoms with Gasteiger partial charge in [-0.3, -0.25) is 9.59 Å². The third-order valence-corrected chi connectivity index (χ3v) is 3.82. The molecule has 0 bridgehead atoms. The number of carboxylic acids is 1. The number of aliphatic carboxylic acids is 1. The Labute approximate surface area is 134 Å². The van der Waals surface area contributed by atoms with Crippen molar-refractivity contribution < 1.29 is 28.9 Å². The molecule has 2 rings (SSSR count). The fraction of sp³-hybridized carbons (Fsp3) is 0.500. The van der Waals surface area contributed by atoms with E-state index in [9.17, 15) is 14.7 Å². The number of carbonyl (C=O) groups excluding carboxylic acids is 1. The molecule has 0 aliphatic carbocycles. The number of carbonyl (C=O) groups is 2. The molecule has 23 heavy (non-hydrogen) atoms. The van der Waals surface area contributed by atoms with Gasteiger partial charge in [0.05, 0.1) is 31.9 Å². The van der Waals surface area contributed by atoms with Crippen molar-refractivity contribution in [3.05, 3.63) is 18.2 Å². The quantitative estimate of drug-likeness (QED) is 0.796. The van der Waals surface area contributed by atoms with Crippen LogP contribution in [0.4, 0.5) is 5.69 Å². The summed E-state index contributed by atoms with van der Waals surface area (Å²) in [5.41, 5.74) is 0.438. The zero-order valence-corrected chi connectivity index (χ0v) is 13.2. The summed E-state index contributed by atoms with van der Waals surface area (Å²) in [6, 6.07) is 5.00. The minimum absolute atomic E-state index is 0.152. The van der Waals surface area contributed by atoms with Crippen molar-refractivity contribution in [2.75, 3.05) is 26.1 Å². The lowest BCUT2D eigenvalue weighted by Gasteiger charge is -2.19. The molecule has 126 valence electrons. The van der Waals surface area contributed by atoms with Crippen LogP contribution in [-0.2, 0) is 14.3 Å². The van der Waals surface area contributed by atoms with Crippen molar-refractivity contribution in [3.8, 4) is 11.5 Å². The van der Waals surface area contributed by atoms with E-state index in [1.165, 1.54) is 14.2 Å². The van der Waals surface area contributed by atoms with Crippen LogP contribution in [0.2, 0.25) is 0 Å². The van der Waals surface area contributed by atoms with E-state index in [1.807, 2.05) is 0 Å². The summed E-state index contributed by atoms with van der Waals surface area (Å²) >= 11 is 0. The molecule has 1 aliphatic rings. The SMILES string of the molecule is COc1ccc(OC)c(NC(=O)CC(C(=O)O)C2CCCO2)c1. The Morgan fingerprint density at radius 2 is 2.17 bits per heavy atom. The van der Waals surface area contributed by atoms with Crippen LogP contribution >= 0.6 is 0 Å². The number of nitrogens with one attached hydrogen (secondary N) is 1. The Balaban J connectivity index is 2.07. The number of methoxy groups -OCH3 is 2. The molecular weight excluding hydrogens is 302 g/mol. The maximum absolute atomic E-state index is 12.2. The van der Waals surface area contributed by atoms with Gasteiger partial charge in [0, 0.05) is 19.1 Å². The molecule has 1 aromatic rings. The van der Waals surface area contributed by atoms with Gasteiger partial charge in [-0.25, -0.2) is 0 Å². The zero-order chi connectivity index (χ0) is 16.8. The van der Waals surface area contributed by atoms with Gasteiger partial charge in [0.15, 0.2) is 0 Å². The largest absolute Gasteiger partial charge is 0.497 e. The number of amides is 1. The van der Waals surface area contributed by atoms with E-state index in [1.54, 1.807) is 18.2 Å². The number of ether oxygens (including phenoxy) is 3. The van der Waals surface area contributed by atoms with Crippen molar-refractivity contribution in [2.45, 2.75) is 25.4 Å². The second kappa shape index (κ2) is 7.82. The summed E-state index contributed by atoms with van der Waals surface area (Å²) in [4.78, 5) is 23.6. The first kappa shape index (κ1) is 17.1. The summed E-state index contributed by atoms with van der Waals surface area (Å²) in [6.07, 6.45) is 0.915. The number of anilines is 1. The van der Waals surface area contributed by atoms with Crippen molar-refractivity contribution >= 4 is 17.6 Å². The Morgan fingerprint density at radius 3 is 2.74 bits per heavy atom. The lowest BCUT2D eigenvalue weighted by molar-refractivity contribution is -0.148. The topological polar surface area (TPSA) is 94.1 Å². The van der Waals surface area contributed by atoms with Gasteiger partial charge in [-0.1, -0.05) is 0 Å². The van der Waals surface area contributed by atoms with Crippen molar-refractivity contribution in [2.24, 2.45) is 5.92 Å². The van der Waals surface area contributed by atoms with E-state index >= 15 is 0 Å². The average molecular weight is 323 g/mol. The molecule has 0 saturated carbocycles. The summed E-state index contributed by atoms with van der Waals surface area (Å²) < 4.78 is 15.7. The van der Waals surface area contributed by atoms with Crippen molar-refractivity contribution in [1.82, 2.24) is 0 Å². The predicted molar refractivity (Wildman–Crippen MR) is 82.9 cm³/mol. The summed E-state index contributed by atoms with van der Waals surface area (Å²) in [5.74, 6) is -1.24. The molecule has 2 unspecified atom stereocenters. The molecular formula is C16H21NO6. The molecule has 2 atom stereocenters. The van der Waals surface area contributed by atoms with Gasteiger partial charge in [-0.05, 0) is 25.0 Å². The molecule has 1 amide bonds. The molecule has 2 N–H and O–H groups in total. The third kappa shape index (κ3) is 4.35. The van der Waals surface area contributed by atoms with Gasteiger partial charge >= 0.3 is 5.97 Å². The number of carboxylic acid groups (broad SMARTS) is 1. The first-order valence-corrected chi connectivity index (χ1v) is 7.41. The van der Waals surface area contributed by atoms with Gasteiger partial charge < -0.3 is 24.6 Å². The van der Waals surface area contributed by atoms with E-state index in [-0.39, 0.29) is 6.42 Å². The Morgan fingerprint density at radius 1 is 1.39 bits per heavy atom. The fourth-order valence-electron chi connectivity index (χ4n) is 2.61. The fourth-order valence-corrected chi connectivity index (χ4v) is 2.61. The van der Waals surface area contributed by atoms with Gasteiger partial charge in [0.1, 0.15) is 11.5 Å². The monoisotopic (exact) mass is 323 g/mol. The van der Waals surface area contributed by atoms with Crippen LogP contribution in [-0.4, -0.2) is 43.9 Å². The van der Waals surface area contributed by atoms with Gasteiger partial charge in [0.25, 0.3) is 0 Å². The van der Waals surface area contributed by atoms with Gasteiger partial charge in [0.2, 0.25) is 5.91 Å². The van der Waals surface area contributed by atoms with Crippen molar-refractivity contribution in [3.63, 3.8) is 0 Å². The molecule has 1 aromatic carbocycles. The number of benzene rings is 1. The maximum atomic E-state index is 12.2. The molecule has 1 aliphatic heterocycles. The van der Waals surface area contributed by atoms with Crippen LogP contribution < -0.4 is 14.8 Å². The van der Waals surface area contributed by atoms with Crippen LogP contribution in [0.1, 0.15) is 19.3 Å². The minimum atomic E-state index is -1.02. The van der Waals surface area contributed by atoms with Crippen LogP contribution in [0.25, 0.3) is 0 Å². The molecule has 1 saturated heterocycles. The zero-order valence-electron chi connectivity index (χ0n) is 13.2. The van der Waals surface area contributed by atoms with Crippen molar-refractivity contribution in [1.29, 1.82) is 0 Å². The summed E-state index contributed by atoms with van der Waals surface area (Å²) in [5, 5.41) is 12.0. The second-order valence-corrected chi connectivity index (χ2v) is 5.31. The average Bonchev–Trinajstić information content (AvgIpc) is 3.06. The Bertz CT molecular complexity index is 568. The lowest BCUT2D eigenvalue weighted by atomic mass is 9.96. The molecule has 7 heteroatoms. The highest BCUT2D eigenvalue weighted by atomic mass is 16.5. The molecule has 7 nitrogen and oxygen atoms in total. The van der Waals surface area contributed by atoms with E-state index < -0.39 is 23.9 Å². The number of hydrogen-bond donors (Lipinski definition) is 2.